The summed E-state index contributed by atoms with van der Waals surface area (Å²) in [5, 5.41) is 7.12. The Hall–Kier alpha value is -3.92. The Morgan fingerprint density at radius 3 is 2.65 bits per heavy atom. The van der Waals surface area contributed by atoms with Crippen LogP contribution in [0.4, 0.5) is 5.88 Å². The van der Waals surface area contributed by atoms with Gasteiger partial charge < -0.3 is 9.26 Å². The predicted molar refractivity (Wildman–Crippen MR) is 128 cm³/mol. The molecule has 0 saturated heterocycles. The van der Waals surface area contributed by atoms with Gasteiger partial charge in [-0.15, -0.1) is 0 Å². The lowest BCUT2D eigenvalue weighted by molar-refractivity contribution is -0.113. The minimum Gasteiger partial charge on any atom is -0.465 e. The number of fused-ring (bicyclic) bond motifs is 1. The molecule has 0 bridgehead atoms. The fraction of sp³-hybridized carbons (Fsp3) is 0.208. The van der Waals surface area contributed by atoms with Gasteiger partial charge in [-0.25, -0.2) is 9.78 Å². The van der Waals surface area contributed by atoms with Gasteiger partial charge in [-0.05, 0) is 37.1 Å². The van der Waals surface area contributed by atoms with Crippen LogP contribution in [-0.2, 0) is 22.5 Å². The lowest BCUT2D eigenvalue weighted by Crippen LogP contribution is -2.25. The van der Waals surface area contributed by atoms with Crippen LogP contribution in [0.1, 0.15) is 21.6 Å². The van der Waals surface area contributed by atoms with Gasteiger partial charge in [0.1, 0.15) is 0 Å². The van der Waals surface area contributed by atoms with Gasteiger partial charge in [0.05, 0.1) is 35.0 Å². The van der Waals surface area contributed by atoms with Crippen LogP contribution in [0.3, 0.4) is 0 Å². The largest absolute Gasteiger partial charge is 0.465 e. The zero-order valence-electron chi connectivity index (χ0n) is 18.6. The third-order valence-corrected chi connectivity index (χ3v) is 6.01. The van der Waals surface area contributed by atoms with Gasteiger partial charge >= 0.3 is 5.97 Å². The second-order valence-electron chi connectivity index (χ2n) is 7.48. The van der Waals surface area contributed by atoms with Crippen molar-refractivity contribution in [3.8, 4) is 0 Å². The van der Waals surface area contributed by atoms with Crippen LogP contribution < -0.4 is 10.9 Å². The van der Waals surface area contributed by atoms with E-state index in [1.807, 2.05) is 30.3 Å². The highest BCUT2D eigenvalue weighted by Gasteiger charge is 2.16. The molecule has 10 heteroatoms. The molecule has 2 heterocycles. The SMILES string of the molecule is COC(=O)c1ccc2c(=O)n(CCc3ccccc3)c(SCC(=O)Nc3cc(C)no3)nc2c1. The Bertz CT molecular complexity index is 1400. The van der Waals surface area contributed by atoms with E-state index in [-0.39, 0.29) is 23.1 Å². The standard InChI is InChI=1S/C24H22N4O5S/c1-15-12-21(33-27-15)26-20(29)14-34-24-25-19-13-17(23(31)32-2)8-9-18(19)22(30)28(24)11-10-16-6-4-3-5-7-16/h3-9,12-13H,10-11,14H2,1-2H3,(H,26,29). The fourth-order valence-electron chi connectivity index (χ4n) is 3.36. The van der Waals surface area contributed by atoms with E-state index in [9.17, 15) is 14.4 Å². The number of thioether (sulfide) groups is 1. The molecular formula is C24H22N4O5S. The number of rotatable bonds is 8. The van der Waals surface area contributed by atoms with Gasteiger partial charge in [0.2, 0.25) is 11.8 Å². The number of aryl methyl sites for hydroxylation is 2. The highest BCUT2D eigenvalue weighted by atomic mass is 32.2. The number of carbonyl (C=O) groups excluding carboxylic acids is 2. The van der Waals surface area contributed by atoms with E-state index in [0.29, 0.717) is 40.3 Å². The van der Waals surface area contributed by atoms with E-state index in [1.54, 1.807) is 29.7 Å². The molecule has 1 N–H and O–H groups in total. The number of ether oxygens (including phenoxy) is 1. The molecule has 4 aromatic rings. The lowest BCUT2D eigenvalue weighted by atomic mass is 10.1. The first kappa shape index (κ1) is 23.2. The van der Waals surface area contributed by atoms with Crippen LogP contribution in [0.2, 0.25) is 0 Å². The maximum absolute atomic E-state index is 13.3. The zero-order chi connectivity index (χ0) is 24.1. The summed E-state index contributed by atoms with van der Waals surface area (Å²) in [5.41, 5.74) is 2.13. The summed E-state index contributed by atoms with van der Waals surface area (Å²) in [5.74, 6) is -0.597. The predicted octanol–water partition coefficient (Wildman–Crippen LogP) is 3.45. The van der Waals surface area contributed by atoms with Gasteiger partial charge in [-0.3, -0.25) is 19.5 Å². The number of hydrogen-bond donors (Lipinski definition) is 1. The summed E-state index contributed by atoms with van der Waals surface area (Å²) < 4.78 is 11.3. The van der Waals surface area contributed by atoms with E-state index >= 15 is 0 Å². The molecule has 174 valence electrons. The average molecular weight is 479 g/mol. The third kappa shape index (κ3) is 5.34. The molecule has 0 radical (unpaired) electrons. The number of amides is 1. The lowest BCUT2D eigenvalue weighted by Gasteiger charge is -2.13. The number of methoxy groups -OCH3 is 1. The van der Waals surface area contributed by atoms with Crippen molar-refractivity contribution in [1.82, 2.24) is 14.7 Å². The van der Waals surface area contributed by atoms with Gasteiger partial charge in [0.15, 0.2) is 5.16 Å². The first-order valence-corrected chi connectivity index (χ1v) is 11.5. The fourth-order valence-corrected chi connectivity index (χ4v) is 4.19. The smallest absolute Gasteiger partial charge is 0.337 e. The Morgan fingerprint density at radius 1 is 1.15 bits per heavy atom. The maximum Gasteiger partial charge on any atom is 0.337 e. The van der Waals surface area contributed by atoms with Crippen molar-refractivity contribution in [1.29, 1.82) is 0 Å². The zero-order valence-corrected chi connectivity index (χ0v) is 19.4. The van der Waals surface area contributed by atoms with Crippen LogP contribution >= 0.6 is 11.8 Å². The van der Waals surface area contributed by atoms with Crippen molar-refractivity contribution in [2.75, 3.05) is 18.2 Å². The quantitative estimate of drug-likeness (QED) is 0.233. The summed E-state index contributed by atoms with van der Waals surface area (Å²) in [7, 11) is 1.29. The van der Waals surface area contributed by atoms with Crippen molar-refractivity contribution >= 4 is 40.4 Å². The van der Waals surface area contributed by atoms with Gasteiger partial charge in [-0.1, -0.05) is 47.3 Å². The molecule has 0 fully saturated rings. The van der Waals surface area contributed by atoms with E-state index in [2.05, 4.69) is 15.5 Å². The molecule has 4 rings (SSSR count). The third-order valence-electron chi connectivity index (χ3n) is 5.03. The van der Waals surface area contributed by atoms with E-state index in [1.165, 1.54) is 13.2 Å². The first-order valence-electron chi connectivity index (χ1n) is 10.5. The van der Waals surface area contributed by atoms with Crippen molar-refractivity contribution in [2.45, 2.75) is 25.0 Å². The normalized spacial score (nSPS) is 10.9. The summed E-state index contributed by atoms with van der Waals surface area (Å²) in [6.45, 7) is 2.14. The van der Waals surface area contributed by atoms with Gasteiger partial charge in [-0.2, -0.15) is 0 Å². The molecule has 34 heavy (non-hydrogen) atoms. The number of anilines is 1. The van der Waals surface area contributed by atoms with E-state index in [0.717, 1.165) is 17.3 Å². The highest BCUT2D eigenvalue weighted by Crippen LogP contribution is 2.20. The minimum atomic E-state index is -0.520. The highest BCUT2D eigenvalue weighted by molar-refractivity contribution is 7.99. The van der Waals surface area contributed by atoms with Crippen molar-refractivity contribution in [3.05, 3.63) is 81.8 Å². The molecule has 9 nitrogen and oxygen atoms in total. The summed E-state index contributed by atoms with van der Waals surface area (Å²) in [6.07, 6.45) is 0.616. The summed E-state index contributed by atoms with van der Waals surface area (Å²) in [6, 6.07) is 16.0. The molecule has 2 aromatic carbocycles. The summed E-state index contributed by atoms with van der Waals surface area (Å²) in [4.78, 5) is 42.3. The number of esters is 1. The number of benzene rings is 2. The monoisotopic (exact) mass is 478 g/mol. The first-order chi connectivity index (χ1) is 16.4. The second-order valence-corrected chi connectivity index (χ2v) is 8.42. The van der Waals surface area contributed by atoms with Crippen LogP contribution in [0.25, 0.3) is 10.9 Å². The Balaban J connectivity index is 1.64. The molecule has 0 saturated carbocycles. The van der Waals surface area contributed by atoms with Crippen molar-refractivity contribution in [3.63, 3.8) is 0 Å². The van der Waals surface area contributed by atoms with Crippen molar-refractivity contribution in [2.24, 2.45) is 0 Å². The molecule has 2 aromatic heterocycles. The Kier molecular flexibility index (Phi) is 7.07. The van der Waals surface area contributed by atoms with Crippen LogP contribution in [0.5, 0.6) is 0 Å². The average Bonchev–Trinajstić information content (AvgIpc) is 3.26. The number of hydrogen-bond acceptors (Lipinski definition) is 8. The maximum atomic E-state index is 13.3. The minimum absolute atomic E-state index is 0.000274. The number of nitrogens with one attached hydrogen (secondary N) is 1. The Morgan fingerprint density at radius 2 is 1.94 bits per heavy atom. The van der Waals surface area contributed by atoms with Gasteiger partial charge in [0, 0.05) is 12.6 Å². The molecule has 0 unspecified atom stereocenters. The molecular weight excluding hydrogens is 456 g/mol. The molecule has 0 aliphatic rings. The topological polar surface area (TPSA) is 116 Å². The number of carbonyl (C=O) groups is 2. The second kappa shape index (κ2) is 10.3. The van der Waals surface area contributed by atoms with E-state index < -0.39 is 5.97 Å². The molecule has 0 aliphatic carbocycles. The summed E-state index contributed by atoms with van der Waals surface area (Å²) >= 11 is 1.13. The van der Waals surface area contributed by atoms with Gasteiger partial charge in [0.25, 0.3) is 5.56 Å². The molecule has 0 atom stereocenters. The van der Waals surface area contributed by atoms with Crippen LogP contribution in [0.15, 0.2) is 69.1 Å². The molecule has 0 aliphatic heterocycles. The van der Waals surface area contributed by atoms with Crippen LogP contribution in [0, 0.1) is 6.92 Å². The van der Waals surface area contributed by atoms with E-state index in [4.69, 9.17) is 9.26 Å². The number of aromatic nitrogens is 3. The molecule has 0 spiro atoms. The van der Waals surface area contributed by atoms with Crippen molar-refractivity contribution < 1.29 is 18.8 Å². The Labute approximate surface area is 199 Å². The molecule has 1 amide bonds. The van der Waals surface area contributed by atoms with Crippen LogP contribution in [-0.4, -0.2) is 39.4 Å². The number of nitrogens with zero attached hydrogens (tertiary/aromatic N) is 3.